The molecule has 0 bridgehead atoms. The third kappa shape index (κ3) is 18.0. The molecule has 2 aliphatic rings. The van der Waals surface area contributed by atoms with Crippen molar-refractivity contribution >= 4 is 102 Å². The molecule has 0 unspecified atom stereocenters. The molecule has 3 heterocycles. The van der Waals surface area contributed by atoms with Crippen LogP contribution in [-0.2, 0) is 18.6 Å². The van der Waals surface area contributed by atoms with Gasteiger partial charge in [0.2, 0.25) is 5.89 Å². The van der Waals surface area contributed by atoms with Crippen LogP contribution in [0.15, 0.2) is 156 Å². The minimum absolute atomic E-state index is 0. The van der Waals surface area contributed by atoms with Gasteiger partial charge in [-0.25, -0.2) is 4.98 Å². The zero-order chi connectivity index (χ0) is 61.9. The Morgan fingerprint density at radius 2 is 0.882 bits per heavy atom. The zero-order valence-corrected chi connectivity index (χ0v) is 52.4. The van der Waals surface area contributed by atoms with E-state index < -0.39 is 37.8 Å². The fraction of sp³-hybridized carbons (Fsp3) is 0.317. The minimum atomic E-state index is -1.47. The Labute approximate surface area is 512 Å². The van der Waals surface area contributed by atoms with Crippen molar-refractivity contribution in [1.29, 1.82) is 0 Å². The maximum atomic E-state index is 12.4. The van der Waals surface area contributed by atoms with E-state index in [4.69, 9.17) is 50.4 Å². The number of nitrogens with two attached hydrogens (primary N) is 1. The van der Waals surface area contributed by atoms with Crippen molar-refractivity contribution in [1.82, 2.24) is 10.3 Å². The molecular formula is C63H77B3Cl2N6O11. The fourth-order valence-electron chi connectivity index (χ4n) is 8.16. The summed E-state index contributed by atoms with van der Waals surface area (Å²) < 4.78 is 29.7. The van der Waals surface area contributed by atoms with Gasteiger partial charge >= 0.3 is 21.4 Å². The van der Waals surface area contributed by atoms with E-state index in [0.29, 0.717) is 39.4 Å². The molecule has 2 fully saturated rings. The van der Waals surface area contributed by atoms with Crippen LogP contribution in [0.1, 0.15) is 96.8 Å². The highest BCUT2D eigenvalue weighted by molar-refractivity contribution is 6.68. The number of aromatic nitrogens is 1. The lowest BCUT2D eigenvalue weighted by atomic mass is 9.79. The number of benzene rings is 6. The van der Waals surface area contributed by atoms with E-state index in [0.717, 1.165) is 39.1 Å². The number of ketones is 2. The molecule has 9 rings (SSSR count). The number of carbonyl (C=O) groups excluding carboxylic acids is 4. The van der Waals surface area contributed by atoms with Crippen molar-refractivity contribution in [3.05, 3.63) is 174 Å². The molecule has 1 amide bonds. The summed E-state index contributed by atoms with van der Waals surface area (Å²) in [7, 11) is 9.43. The Kier molecular flexibility index (Phi) is 23.7. The summed E-state index contributed by atoms with van der Waals surface area (Å²) in [5, 5.41) is 20.5. The van der Waals surface area contributed by atoms with Crippen LogP contribution in [0.3, 0.4) is 0 Å². The highest BCUT2D eigenvalue weighted by Crippen LogP contribution is 2.38. The number of anilines is 3. The summed E-state index contributed by atoms with van der Waals surface area (Å²) in [5.41, 5.74) is 13.0. The Bertz CT molecular complexity index is 3230. The number of nitrogens with one attached hydrogen (secondary N) is 1. The van der Waals surface area contributed by atoms with Gasteiger partial charge < -0.3 is 58.8 Å². The highest BCUT2D eigenvalue weighted by atomic mass is 35.5. The minimum Gasteiger partial charge on any atom is -0.436 e. The molecule has 22 heteroatoms. The number of halogens is 2. The number of oxazole rings is 1. The topological polar surface area (TPSA) is 219 Å². The first-order valence-electron chi connectivity index (χ1n) is 27.3. The van der Waals surface area contributed by atoms with Crippen molar-refractivity contribution in [2.75, 3.05) is 70.1 Å². The summed E-state index contributed by atoms with van der Waals surface area (Å²) in [6, 6.07) is 43.5. The molecule has 448 valence electrons. The van der Waals surface area contributed by atoms with E-state index in [2.05, 4.69) is 10.3 Å². The molecule has 85 heavy (non-hydrogen) atoms. The van der Waals surface area contributed by atoms with Crippen molar-refractivity contribution < 1.29 is 52.3 Å². The first-order valence-corrected chi connectivity index (χ1v) is 27.7. The molecule has 2 aliphatic heterocycles. The number of hydrogen-bond acceptors (Lipinski definition) is 16. The first kappa shape index (κ1) is 68.7. The number of amides is 1. The highest BCUT2D eigenvalue weighted by Gasteiger charge is 2.52. The van der Waals surface area contributed by atoms with Gasteiger partial charge in [0, 0.05) is 92.7 Å². The van der Waals surface area contributed by atoms with E-state index in [1.165, 1.54) is 0 Å². The first-order chi connectivity index (χ1) is 39.4. The van der Waals surface area contributed by atoms with Gasteiger partial charge in [0.15, 0.2) is 17.3 Å². The molecule has 5 N–H and O–H groups in total. The van der Waals surface area contributed by atoms with Crippen LogP contribution in [0.2, 0.25) is 0 Å². The Hall–Kier alpha value is -7.10. The lowest BCUT2D eigenvalue weighted by Crippen LogP contribution is -2.41. The molecule has 0 spiro atoms. The second kappa shape index (κ2) is 29.3. The number of Topliss-reactive ketones (excluding diaryl/α,β-unsaturated/α-hetero) is 2. The Morgan fingerprint density at radius 1 is 0.529 bits per heavy atom. The van der Waals surface area contributed by atoms with E-state index in [1.54, 1.807) is 91.1 Å². The summed E-state index contributed by atoms with van der Waals surface area (Å²) in [6.45, 7) is 16.0. The van der Waals surface area contributed by atoms with E-state index in [1.807, 2.05) is 173 Å². The van der Waals surface area contributed by atoms with Crippen molar-refractivity contribution in [2.24, 2.45) is 5.73 Å². The van der Waals surface area contributed by atoms with Crippen LogP contribution in [0, 0.1) is 0 Å². The number of hydrogen-bond donors (Lipinski definition) is 4. The molecule has 6 aromatic carbocycles. The molecule has 7 aromatic rings. The quantitative estimate of drug-likeness (QED) is 0.0433. The van der Waals surface area contributed by atoms with Crippen molar-refractivity contribution in [3.8, 4) is 22.8 Å². The largest absolute Gasteiger partial charge is 0.494 e. The average Bonchev–Trinajstić information content (AvgIpc) is 2.75. The summed E-state index contributed by atoms with van der Waals surface area (Å²) in [4.78, 5) is 57.2. The lowest BCUT2D eigenvalue weighted by Gasteiger charge is -2.32. The van der Waals surface area contributed by atoms with E-state index >= 15 is 0 Å². The van der Waals surface area contributed by atoms with Gasteiger partial charge in [-0.3, -0.25) is 19.2 Å². The number of nitrogens with zero attached hydrogens (tertiary/aromatic N) is 4. The Balaban J connectivity index is 0.000000215. The maximum absolute atomic E-state index is 12.4. The van der Waals surface area contributed by atoms with Crippen LogP contribution in [0.4, 0.5) is 17.1 Å². The average molecular weight is 1200 g/mol. The monoisotopic (exact) mass is 1200 g/mol. The van der Waals surface area contributed by atoms with E-state index in [9.17, 15) is 19.2 Å². The van der Waals surface area contributed by atoms with Crippen LogP contribution in [0.25, 0.3) is 22.8 Å². The number of carbonyl (C=O) groups is 4. The van der Waals surface area contributed by atoms with Gasteiger partial charge in [-0.2, -0.15) is 0 Å². The molecule has 2 saturated heterocycles. The molecular weight excluding hydrogens is 1120 g/mol. The van der Waals surface area contributed by atoms with Crippen LogP contribution in [0.5, 0.6) is 0 Å². The third-order valence-corrected chi connectivity index (χ3v) is 15.2. The summed E-state index contributed by atoms with van der Waals surface area (Å²) in [5.74, 6) is 0.730. The standard InChI is InChI=1S/C23H29BN2O4.C17H17BN2O3.C13H16BClO3.C10H14N2O.ClH/c1-22(2)23(3,4)30-24(29-22)18-11-7-17(8-12-18)21(28)25-15-20(27)16-9-13-19(14-10-16)26(5)6;1-20(2)15-9-5-12(6-10-15)16-11-19-17(23-16)13-3-7-14(8-4-13)18(21)22;1-12(2)13(3,4)18-14(17-12)10-7-5-9(6-8-10)11(15)16;1-12(2)9-5-3-8(4-6-9)10(13)7-11;/h7-14H,15H2,1-6H3,(H,25,28);3-11,21-22H,1-2H3;5-8H,1-4H3;3-6H,7,11H2,1-2H3;1H. The van der Waals surface area contributed by atoms with Gasteiger partial charge in [0.05, 0.1) is 41.7 Å². The second-order valence-electron chi connectivity index (χ2n) is 22.8. The fourth-order valence-corrected chi connectivity index (χ4v) is 8.28. The SMILES string of the molecule is CC1(C)OB(c2ccc(C(=O)Cl)cc2)OC1(C)C.CN(C)c1ccc(-c2cnc(-c3ccc(B(O)O)cc3)o2)cc1.CN(C)c1ccc(C(=O)CN)cc1.CN(C)c1ccc(C(=O)CNC(=O)c2ccc(B3OC(C)(C)C(C)(C)O3)cc2)cc1.Cl. The molecule has 0 radical (unpaired) electrons. The Morgan fingerprint density at radius 3 is 1.25 bits per heavy atom. The van der Waals surface area contributed by atoms with Crippen molar-refractivity contribution in [3.63, 3.8) is 0 Å². The van der Waals surface area contributed by atoms with Crippen LogP contribution in [-0.4, -0.2) is 137 Å². The summed E-state index contributed by atoms with van der Waals surface area (Å²) in [6.07, 6.45) is 1.69. The van der Waals surface area contributed by atoms with Gasteiger partial charge in [-0.15, -0.1) is 12.4 Å². The smallest absolute Gasteiger partial charge is 0.436 e. The molecule has 0 aliphatic carbocycles. The van der Waals surface area contributed by atoms with Crippen LogP contribution < -0.4 is 42.1 Å². The molecule has 17 nitrogen and oxygen atoms in total. The molecule has 0 atom stereocenters. The van der Waals surface area contributed by atoms with E-state index in [-0.39, 0.29) is 54.2 Å². The predicted octanol–water partition coefficient (Wildman–Crippen LogP) is 8.10. The van der Waals surface area contributed by atoms with Gasteiger partial charge in [-0.1, -0.05) is 48.5 Å². The predicted molar refractivity (Wildman–Crippen MR) is 345 cm³/mol. The van der Waals surface area contributed by atoms with Crippen molar-refractivity contribution in [2.45, 2.75) is 77.8 Å². The van der Waals surface area contributed by atoms with Crippen LogP contribution >= 0.6 is 24.0 Å². The molecule has 1 aromatic heterocycles. The maximum Gasteiger partial charge on any atom is 0.494 e. The third-order valence-electron chi connectivity index (χ3n) is 15.0. The second-order valence-corrected chi connectivity index (χ2v) is 23.1. The number of rotatable bonds is 15. The van der Waals surface area contributed by atoms with Gasteiger partial charge in [0.25, 0.3) is 11.1 Å². The summed E-state index contributed by atoms with van der Waals surface area (Å²) >= 11 is 5.40. The normalized spacial score (nSPS) is 14.8. The van der Waals surface area contributed by atoms with Gasteiger partial charge in [-0.05, 0) is 180 Å². The lowest BCUT2D eigenvalue weighted by molar-refractivity contribution is 0.00578. The zero-order valence-electron chi connectivity index (χ0n) is 50.8. The molecule has 0 saturated carbocycles. The van der Waals surface area contributed by atoms with Gasteiger partial charge in [0.1, 0.15) is 0 Å².